The predicted octanol–water partition coefficient (Wildman–Crippen LogP) is 4.54. The Balaban J connectivity index is 1.96. The molecular formula is C16H25BrN2. The van der Waals surface area contributed by atoms with E-state index in [1.807, 2.05) is 12.4 Å². The molecule has 0 unspecified atom stereocenters. The van der Waals surface area contributed by atoms with Gasteiger partial charge in [-0.3, -0.25) is 4.98 Å². The first kappa shape index (κ1) is 15.0. The summed E-state index contributed by atoms with van der Waals surface area (Å²) < 4.78 is 1.05. The van der Waals surface area contributed by atoms with Crippen LogP contribution in [0.2, 0.25) is 0 Å². The number of halogens is 1. The third-order valence-corrected chi connectivity index (χ3v) is 4.35. The van der Waals surface area contributed by atoms with Crippen LogP contribution in [0.4, 0.5) is 0 Å². The van der Waals surface area contributed by atoms with Crippen molar-refractivity contribution in [2.75, 3.05) is 0 Å². The number of hydrogen-bond acceptors (Lipinski definition) is 2. The summed E-state index contributed by atoms with van der Waals surface area (Å²) in [6.07, 6.45) is 7.61. The fourth-order valence-corrected chi connectivity index (χ4v) is 4.22. The lowest BCUT2D eigenvalue weighted by Crippen LogP contribution is -2.43. The van der Waals surface area contributed by atoms with Crippen LogP contribution in [0, 0.1) is 10.8 Å². The van der Waals surface area contributed by atoms with E-state index in [2.05, 4.69) is 60.0 Å². The van der Waals surface area contributed by atoms with Crippen LogP contribution in [0.15, 0.2) is 22.9 Å². The number of pyridine rings is 1. The molecule has 0 atom stereocenters. The molecule has 2 nitrogen and oxygen atoms in total. The Kier molecular flexibility index (Phi) is 4.36. The summed E-state index contributed by atoms with van der Waals surface area (Å²) in [5.41, 5.74) is 2.12. The minimum Gasteiger partial charge on any atom is -0.310 e. The van der Waals surface area contributed by atoms with E-state index in [1.165, 1.54) is 24.8 Å². The van der Waals surface area contributed by atoms with Crippen LogP contribution < -0.4 is 5.32 Å². The molecule has 1 heterocycles. The lowest BCUT2D eigenvalue weighted by molar-refractivity contribution is 0.0845. The van der Waals surface area contributed by atoms with Crippen molar-refractivity contribution in [3.8, 4) is 0 Å². The lowest BCUT2D eigenvalue weighted by Gasteiger charge is -2.45. The fraction of sp³-hybridized carbons (Fsp3) is 0.688. The number of rotatable bonds is 3. The molecule has 1 saturated carbocycles. The van der Waals surface area contributed by atoms with Crippen molar-refractivity contribution >= 4 is 15.9 Å². The molecule has 1 fully saturated rings. The first-order valence-electron chi connectivity index (χ1n) is 7.09. The van der Waals surface area contributed by atoms with Gasteiger partial charge in [0.2, 0.25) is 0 Å². The van der Waals surface area contributed by atoms with Gasteiger partial charge in [-0.25, -0.2) is 0 Å². The summed E-state index contributed by atoms with van der Waals surface area (Å²) in [7, 11) is 0. The molecule has 2 rings (SSSR count). The van der Waals surface area contributed by atoms with Gasteiger partial charge in [-0.2, -0.15) is 0 Å². The highest BCUT2D eigenvalue weighted by Gasteiger charge is 2.38. The lowest BCUT2D eigenvalue weighted by atomic mass is 9.63. The first-order valence-corrected chi connectivity index (χ1v) is 7.88. The van der Waals surface area contributed by atoms with Gasteiger partial charge >= 0.3 is 0 Å². The maximum absolute atomic E-state index is 4.22. The van der Waals surface area contributed by atoms with E-state index < -0.39 is 0 Å². The molecule has 1 N–H and O–H groups in total. The zero-order valence-electron chi connectivity index (χ0n) is 12.5. The molecule has 0 saturated heterocycles. The predicted molar refractivity (Wildman–Crippen MR) is 84.0 cm³/mol. The molecule has 0 amide bonds. The van der Waals surface area contributed by atoms with E-state index in [0.29, 0.717) is 16.9 Å². The van der Waals surface area contributed by atoms with Gasteiger partial charge in [0.15, 0.2) is 0 Å². The summed E-state index contributed by atoms with van der Waals surface area (Å²) in [5, 5.41) is 3.72. The topological polar surface area (TPSA) is 24.9 Å². The van der Waals surface area contributed by atoms with Gasteiger partial charge < -0.3 is 5.32 Å². The number of nitrogens with zero attached hydrogens (tertiary/aromatic N) is 1. The summed E-state index contributed by atoms with van der Waals surface area (Å²) >= 11 is 3.47. The summed E-state index contributed by atoms with van der Waals surface area (Å²) in [6, 6.07) is 2.75. The van der Waals surface area contributed by atoms with Crippen LogP contribution in [-0.4, -0.2) is 11.0 Å². The Morgan fingerprint density at radius 2 is 1.84 bits per heavy atom. The van der Waals surface area contributed by atoms with Crippen LogP contribution in [-0.2, 0) is 6.54 Å². The largest absolute Gasteiger partial charge is 0.310 e. The van der Waals surface area contributed by atoms with E-state index in [9.17, 15) is 0 Å². The molecule has 0 radical (unpaired) electrons. The summed E-state index contributed by atoms with van der Waals surface area (Å²) in [4.78, 5) is 4.22. The Morgan fingerprint density at radius 3 is 2.42 bits per heavy atom. The van der Waals surface area contributed by atoms with Gasteiger partial charge in [0.25, 0.3) is 0 Å². The van der Waals surface area contributed by atoms with Crippen molar-refractivity contribution in [2.24, 2.45) is 10.8 Å². The molecule has 1 aliphatic carbocycles. The highest BCUT2D eigenvalue weighted by atomic mass is 79.9. The zero-order chi connectivity index (χ0) is 14.1. The average molecular weight is 325 g/mol. The van der Waals surface area contributed by atoms with Crippen molar-refractivity contribution < 1.29 is 0 Å². The van der Waals surface area contributed by atoms with Gasteiger partial charge in [-0.15, -0.1) is 0 Å². The van der Waals surface area contributed by atoms with Gasteiger partial charge in [-0.1, -0.05) is 27.7 Å². The normalized spacial score (nSPS) is 22.4. The van der Waals surface area contributed by atoms with E-state index in [0.717, 1.165) is 11.0 Å². The van der Waals surface area contributed by atoms with Crippen LogP contribution >= 0.6 is 15.9 Å². The number of hydrogen-bond donors (Lipinski definition) is 1. The average Bonchev–Trinajstić information content (AvgIpc) is 2.22. The van der Waals surface area contributed by atoms with Crippen molar-refractivity contribution in [2.45, 2.75) is 59.5 Å². The SMILES string of the molecule is CC1(C)CC(NCc2cncc(Br)c2)CC(C)(C)C1. The van der Waals surface area contributed by atoms with Gasteiger partial charge in [-0.05, 0) is 57.7 Å². The fourth-order valence-electron chi connectivity index (χ4n) is 3.81. The van der Waals surface area contributed by atoms with Crippen molar-refractivity contribution in [1.29, 1.82) is 0 Å². The van der Waals surface area contributed by atoms with E-state index in [4.69, 9.17) is 0 Å². The second kappa shape index (κ2) is 5.53. The summed E-state index contributed by atoms with van der Waals surface area (Å²) in [5.74, 6) is 0. The van der Waals surface area contributed by atoms with Crippen LogP contribution in [0.3, 0.4) is 0 Å². The smallest absolute Gasteiger partial charge is 0.0410 e. The maximum atomic E-state index is 4.22. The molecular weight excluding hydrogens is 300 g/mol. The van der Waals surface area contributed by atoms with Crippen LogP contribution in [0.1, 0.15) is 52.5 Å². The van der Waals surface area contributed by atoms with E-state index >= 15 is 0 Å². The highest BCUT2D eigenvalue weighted by molar-refractivity contribution is 9.10. The molecule has 0 aliphatic heterocycles. The summed E-state index contributed by atoms with van der Waals surface area (Å²) in [6.45, 7) is 10.5. The van der Waals surface area contributed by atoms with Crippen molar-refractivity contribution in [3.05, 3.63) is 28.5 Å². The van der Waals surface area contributed by atoms with Crippen LogP contribution in [0.25, 0.3) is 0 Å². The number of nitrogens with one attached hydrogen (secondary N) is 1. The Bertz CT molecular complexity index is 424. The van der Waals surface area contributed by atoms with Gasteiger partial charge in [0, 0.05) is 29.5 Å². The van der Waals surface area contributed by atoms with Crippen LogP contribution in [0.5, 0.6) is 0 Å². The molecule has 1 aromatic rings. The second-order valence-corrected chi connectivity index (χ2v) is 8.42. The van der Waals surface area contributed by atoms with Crippen molar-refractivity contribution in [1.82, 2.24) is 10.3 Å². The molecule has 3 heteroatoms. The molecule has 19 heavy (non-hydrogen) atoms. The van der Waals surface area contributed by atoms with E-state index in [1.54, 1.807) is 0 Å². The molecule has 0 aromatic carbocycles. The molecule has 1 aliphatic rings. The maximum Gasteiger partial charge on any atom is 0.0410 e. The Hall–Kier alpha value is -0.410. The molecule has 0 spiro atoms. The Labute approximate surface area is 125 Å². The zero-order valence-corrected chi connectivity index (χ0v) is 14.0. The number of aromatic nitrogens is 1. The molecule has 1 aromatic heterocycles. The van der Waals surface area contributed by atoms with E-state index in [-0.39, 0.29) is 0 Å². The van der Waals surface area contributed by atoms with Crippen molar-refractivity contribution in [3.63, 3.8) is 0 Å². The first-order chi connectivity index (χ1) is 8.76. The van der Waals surface area contributed by atoms with Gasteiger partial charge in [0.1, 0.15) is 0 Å². The second-order valence-electron chi connectivity index (χ2n) is 7.50. The molecule has 0 bridgehead atoms. The molecule has 106 valence electrons. The third-order valence-electron chi connectivity index (χ3n) is 3.91. The third kappa shape index (κ3) is 4.57. The minimum atomic E-state index is 0.439. The van der Waals surface area contributed by atoms with Gasteiger partial charge in [0.05, 0.1) is 0 Å². The standard InChI is InChI=1S/C16H25BrN2/c1-15(2)6-14(7-16(3,4)11-15)19-9-12-5-13(17)10-18-8-12/h5,8,10,14,19H,6-7,9,11H2,1-4H3. The minimum absolute atomic E-state index is 0.439. The quantitative estimate of drug-likeness (QED) is 0.882. The monoisotopic (exact) mass is 324 g/mol. The highest BCUT2D eigenvalue weighted by Crippen LogP contribution is 2.45. The Morgan fingerprint density at radius 1 is 1.21 bits per heavy atom.